The predicted molar refractivity (Wildman–Crippen MR) is 206 cm³/mol. The van der Waals surface area contributed by atoms with Crippen molar-refractivity contribution in [2.24, 2.45) is 0 Å². The molecule has 2 saturated heterocycles. The van der Waals surface area contributed by atoms with Crippen LogP contribution >= 0.6 is 11.6 Å². The van der Waals surface area contributed by atoms with Gasteiger partial charge in [-0.3, -0.25) is 24.4 Å². The smallest absolute Gasteiger partial charge is 0.416 e. The third-order valence-electron chi connectivity index (χ3n) is 11.2. The minimum absolute atomic E-state index is 0.0314. The first-order valence-electron chi connectivity index (χ1n) is 18.9. The molecule has 8 rings (SSSR count). The summed E-state index contributed by atoms with van der Waals surface area (Å²) in [5.41, 5.74) is -0.203. The molecule has 0 bridgehead atoms. The maximum atomic E-state index is 14.6. The van der Waals surface area contributed by atoms with Crippen molar-refractivity contribution >= 4 is 34.7 Å². The fourth-order valence-corrected chi connectivity index (χ4v) is 8.48. The van der Waals surface area contributed by atoms with Crippen LogP contribution in [0.5, 0.6) is 5.75 Å². The standard InChI is InChI=1S/C39H41ClF3N9O6/c1-23-33-31(38(58-23)10-13-50(14-11-38)36(57)32-29(54)3-2-12-44-32)35(56)52-37(51(33)22-30(55)45-28-9-6-25(21-27(28)40)39(41,42)43)46-34(47-52)24-4-7-26(8-5-24)49-17-15-48(16-18-49)19-20-53/h2-9,12,21,23,36,53-54,57H,10-11,13-20,22H2,1H3,(H,45,55)/t23-,36?/m1/s1. The van der Waals surface area contributed by atoms with Crippen LogP contribution < -0.4 is 15.8 Å². The lowest BCUT2D eigenvalue weighted by atomic mass is 9.85. The van der Waals surface area contributed by atoms with Gasteiger partial charge >= 0.3 is 6.18 Å². The Balaban J connectivity index is 1.14. The van der Waals surface area contributed by atoms with Gasteiger partial charge in [0.25, 0.3) is 5.56 Å². The average Bonchev–Trinajstić information content (AvgIpc) is 3.77. The second-order valence-electron chi connectivity index (χ2n) is 14.7. The maximum Gasteiger partial charge on any atom is 0.416 e. The van der Waals surface area contributed by atoms with Crippen LogP contribution in [0.3, 0.4) is 0 Å². The topological polar surface area (TPSA) is 174 Å². The van der Waals surface area contributed by atoms with E-state index in [1.165, 1.54) is 12.3 Å². The van der Waals surface area contributed by atoms with Crippen LogP contribution in [0.15, 0.2) is 65.6 Å². The first kappa shape index (κ1) is 39.7. The zero-order valence-electron chi connectivity index (χ0n) is 31.4. The molecule has 0 radical (unpaired) electrons. The summed E-state index contributed by atoms with van der Waals surface area (Å²) in [6, 6.07) is 13.3. The number of fused-ring (bicyclic) bond motifs is 3. The molecule has 19 heteroatoms. The van der Waals surface area contributed by atoms with Crippen LogP contribution in [-0.2, 0) is 27.9 Å². The van der Waals surface area contributed by atoms with E-state index in [0.717, 1.165) is 54.6 Å². The number of rotatable bonds is 9. The van der Waals surface area contributed by atoms with E-state index < -0.39 is 47.7 Å². The molecule has 6 heterocycles. The lowest BCUT2D eigenvalue weighted by molar-refractivity contribution is -0.137. The number of aromatic nitrogens is 5. The summed E-state index contributed by atoms with van der Waals surface area (Å²) < 4.78 is 49.3. The van der Waals surface area contributed by atoms with Gasteiger partial charge in [-0.1, -0.05) is 11.6 Å². The number of piperidine rings is 1. The Labute approximate surface area is 334 Å². The molecule has 3 aliphatic rings. The Hall–Kier alpha value is -5.11. The van der Waals surface area contributed by atoms with Crippen LogP contribution in [0.4, 0.5) is 24.5 Å². The van der Waals surface area contributed by atoms with Crippen molar-refractivity contribution in [3.8, 4) is 17.1 Å². The molecule has 0 saturated carbocycles. The monoisotopic (exact) mass is 823 g/mol. The molecule has 1 unspecified atom stereocenters. The van der Waals surface area contributed by atoms with Crippen LogP contribution in [-0.4, -0.2) is 108 Å². The summed E-state index contributed by atoms with van der Waals surface area (Å²) >= 11 is 6.18. The first-order valence-corrected chi connectivity index (χ1v) is 19.3. The Kier molecular flexibility index (Phi) is 10.7. The summed E-state index contributed by atoms with van der Waals surface area (Å²) in [6.07, 6.45) is -4.54. The normalized spacial score (nSPS) is 19.2. The number of benzene rings is 2. The molecule has 2 aromatic carbocycles. The van der Waals surface area contributed by atoms with Gasteiger partial charge in [0.2, 0.25) is 11.7 Å². The molecular formula is C39H41ClF3N9O6. The highest BCUT2D eigenvalue weighted by molar-refractivity contribution is 6.33. The third kappa shape index (κ3) is 7.39. The van der Waals surface area contributed by atoms with Crippen LogP contribution in [0.25, 0.3) is 17.2 Å². The SMILES string of the molecule is C[C@H]1OC2(CCN(C(O)c3ncccc3O)CC2)c2c1n(CC(=O)Nc1ccc(C(F)(F)F)cc1Cl)c1nc(-c3ccc(N4CCN(CCO)CC4)cc3)nn1c2=O. The van der Waals surface area contributed by atoms with E-state index in [4.69, 9.17) is 21.3 Å². The number of hydrogen-bond donors (Lipinski definition) is 4. The van der Waals surface area contributed by atoms with Gasteiger partial charge in [0, 0.05) is 63.3 Å². The minimum atomic E-state index is -4.63. The Morgan fingerprint density at radius 3 is 2.45 bits per heavy atom. The van der Waals surface area contributed by atoms with Gasteiger partial charge in [-0.2, -0.15) is 22.7 Å². The van der Waals surface area contributed by atoms with E-state index in [-0.39, 0.29) is 71.9 Å². The number of carbonyl (C=O) groups excluding carboxylic acids is 1. The second-order valence-corrected chi connectivity index (χ2v) is 15.1. The largest absolute Gasteiger partial charge is 0.506 e. The van der Waals surface area contributed by atoms with Crippen molar-refractivity contribution in [2.75, 3.05) is 62.6 Å². The molecule has 306 valence electrons. The summed E-state index contributed by atoms with van der Waals surface area (Å²) in [4.78, 5) is 43.4. The van der Waals surface area contributed by atoms with Crippen LogP contribution in [0, 0.1) is 0 Å². The molecule has 2 atom stereocenters. The number of nitrogens with one attached hydrogen (secondary N) is 1. The van der Waals surface area contributed by atoms with Gasteiger partial charge in [0.05, 0.1) is 40.2 Å². The maximum absolute atomic E-state index is 14.6. The van der Waals surface area contributed by atoms with Crippen LogP contribution in [0.2, 0.25) is 5.02 Å². The van der Waals surface area contributed by atoms with Crippen molar-refractivity contribution in [1.29, 1.82) is 0 Å². The Morgan fingerprint density at radius 2 is 1.79 bits per heavy atom. The summed E-state index contributed by atoms with van der Waals surface area (Å²) in [5, 5.41) is 37.7. The van der Waals surface area contributed by atoms with Crippen molar-refractivity contribution < 1.29 is 38.0 Å². The molecule has 0 aliphatic carbocycles. The van der Waals surface area contributed by atoms with Gasteiger partial charge < -0.3 is 34.8 Å². The zero-order valence-corrected chi connectivity index (χ0v) is 32.1. The quantitative estimate of drug-likeness (QED) is 0.168. The van der Waals surface area contributed by atoms with E-state index >= 15 is 0 Å². The average molecular weight is 824 g/mol. The highest BCUT2D eigenvalue weighted by atomic mass is 35.5. The highest BCUT2D eigenvalue weighted by Crippen LogP contribution is 2.49. The number of halogens is 4. The zero-order chi connectivity index (χ0) is 40.9. The van der Waals surface area contributed by atoms with Crippen molar-refractivity contribution in [2.45, 2.75) is 50.4 Å². The number of hydrogen-bond acceptors (Lipinski definition) is 12. The molecule has 1 spiro atoms. The molecule has 15 nitrogen and oxygen atoms in total. The number of amides is 1. The minimum Gasteiger partial charge on any atom is -0.506 e. The first-order chi connectivity index (χ1) is 27.8. The van der Waals surface area contributed by atoms with Crippen LogP contribution in [0.1, 0.15) is 54.6 Å². The molecule has 1 amide bonds. The fourth-order valence-electron chi connectivity index (χ4n) is 8.25. The number of aromatic hydroxyl groups is 1. The lowest BCUT2D eigenvalue weighted by Gasteiger charge is -2.40. The van der Waals surface area contributed by atoms with E-state index in [9.17, 15) is 38.1 Å². The number of nitrogens with zero attached hydrogens (tertiary/aromatic N) is 8. The fraction of sp³-hybridized carbons (Fsp3) is 0.410. The second kappa shape index (κ2) is 15.6. The number of pyridine rings is 1. The molecule has 2 fully saturated rings. The number of aliphatic hydroxyl groups is 2. The molecule has 58 heavy (non-hydrogen) atoms. The van der Waals surface area contributed by atoms with E-state index in [2.05, 4.69) is 25.2 Å². The number of likely N-dealkylation sites (tertiary alicyclic amines) is 1. The third-order valence-corrected chi connectivity index (χ3v) is 11.5. The van der Waals surface area contributed by atoms with Gasteiger partial charge in [-0.15, -0.1) is 5.10 Å². The number of piperazine rings is 1. The summed E-state index contributed by atoms with van der Waals surface area (Å²) in [7, 11) is 0. The van der Waals surface area contributed by atoms with Gasteiger partial charge in [-0.25, -0.2) is 0 Å². The summed E-state index contributed by atoms with van der Waals surface area (Å²) in [6.45, 7) is 5.84. The summed E-state index contributed by atoms with van der Waals surface area (Å²) in [5.74, 6) is -0.511. The van der Waals surface area contributed by atoms with Crippen molar-refractivity contribution in [3.05, 3.63) is 98.7 Å². The number of anilines is 2. The number of alkyl halides is 3. The molecule has 4 N–H and O–H groups in total. The van der Waals surface area contributed by atoms with E-state index in [0.29, 0.717) is 17.8 Å². The number of aliphatic hydroxyl groups excluding tert-OH is 2. The molecular weight excluding hydrogens is 783 g/mol. The molecule has 5 aromatic rings. The van der Waals surface area contributed by atoms with Gasteiger partial charge in [-0.05, 0) is 74.4 Å². The predicted octanol–water partition coefficient (Wildman–Crippen LogP) is 4.16. The van der Waals surface area contributed by atoms with Crippen molar-refractivity contribution in [1.82, 2.24) is 33.9 Å². The van der Waals surface area contributed by atoms with E-state index in [1.807, 2.05) is 24.3 Å². The molecule has 3 aliphatic heterocycles. The van der Waals surface area contributed by atoms with Crippen molar-refractivity contribution in [3.63, 3.8) is 0 Å². The van der Waals surface area contributed by atoms with Gasteiger partial charge in [0.1, 0.15) is 23.6 Å². The number of β-amino-alcohol motifs (C(OH)–C–C–N with tert-alkyl or cyclic N) is 1. The molecule has 3 aromatic heterocycles. The Bertz CT molecular complexity index is 2390. The highest BCUT2D eigenvalue weighted by Gasteiger charge is 2.50. The van der Waals surface area contributed by atoms with E-state index in [1.54, 1.807) is 22.5 Å². The number of carbonyl (C=O) groups is 1. The lowest BCUT2D eigenvalue weighted by Crippen LogP contribution is -2.47. The number of ether oxygens (including phenoxy) is 1. The Morgan fingerprint density at radius 1 is 1.07 bits per heavy atom. The van der Waals surface area contributed by atoms with Gasteiger partial charge in [0.15, 0.2) is 12.1 Å².